The van der Waals surface area contributed by atoms with Crippen molar-refractivity contribution < 1.29 is 42.3 Å². The largest absolute Gasteiger partial charge is 0.481 e. The molecule has 1 heterocycles. The van der Waals surface area contributed by atoms with E-state index < -0.39 is 33.9 Å². The molecule has 1 aromatic heterocycles. The zero-order valence-corrected chi connectivity index (χ0v) is 26.2. The molecule has 0 fully saturated rings. The number of nitrogen functional groups attached to an aromatic ring is 1. The number of carboxylic acid groups (broad SMARTS) is 1. The van der Waals surface area contributed by atoms with Crippen molar-refractivity contribution in [2.75, 3.05) is 25.3 Å². The van der Waals surface area contributed by atoms with E-state index in [2.05, 4.69) is 15.6 Å². The molecule has 242 valence electrons. The molecule has 3 aromatic rings. The number of hydrogen-bond donors (Lipinski definition) is 7. The predicted octanol–water partition coefficient (Wildman–Crippen LogP) is 3.02. The number of nitrogens with one attached hydrogen (secondary N) is 3. The smallest absolute Gasteiger partial charge is 0.336 e. The molecule has 1 unspecified atom stereocenters. The first-order valence-corrected chi connectivity index (χ1v) is 15.2. The number of ether oxygens (including phenoxy) is 1. The number of amides is 2. The number of aromatic nitrogens is 1. The van der Waals surface area contributed by atoms with Crippen molar-refractivity contribution in [2.24, 2.45) is 11.1 Å². The molecular weight excluding hydrogens is 606 g/mol. The molecule has 1 atom stereocenters. The maximum atomic E-state index is 13.3. The number of amidine groups is 1. The van der Waals surface area contributed by atoms with E-state index in [1.165, 1.54) is 37.4 Å². The van der Waals surface area contributed by atoms with Crippen molar-refractivity contribution in [3.63, 3.8) is 0 Å². The molecule has 8 N–H and O–H groups in total. The Balaban J connectivity index is 0.00000130. The summed E-state index contributed by atoms with van der Waals surface area (Å²) < 4.78 is 31.0. The van der Waals surface area contributed by atoms with Crippen LogP contribution in [0.3, 0.4) is 0 Å². The third kappa shape index (κ3) is 11.6. The van der Waals surface area contributed by atoms with Gasteiger partial charge in [-0.15, -0.1) is 0 Å². The van der Waals surface area contributed by atoms with E-state index in [4.69, 9.17) is 20.4 Å². The summed E-state index contributed by atoms with van der Waals surface area (Å²) in [5.41, 5.74) is 6.39. The van der Waals surface area contributed by atoms with Crippen LogP contribution in [0.15, 0.2) is 54.6 Å². The predicted molar refractivity (Wildman–Crippen MR) is 168 cm³/mol. The Bertz CT molecular complexity index is 1660. The average molecular weight is 644 g/mol. The number of carbonyl (C=O) groups is 3. The highest BCUT2D eigenvalue weighted by Gasteiger charge is 2.24. The molecule has 0 aliphatic heterocycles. The Labute approximate surface area is 260 Å². The van der Waals surface area contributed by atoms with Gasteiger partial charge in [-0.1, -0.05) is 26.8 Å². The number of pyridine rings is 1. The maximum Gasteiger partial charge on any atom is 0.336 e. The van der Waals surface area contributed by atoms with E-state index in [1.54, 1.807) is 24.3 Å². The van der Waals surface area contributed by atoms with E-state index in [1.807, 2.05) is 20.8 Å². The number of anilines is 1. The van der Waals surface area contributed by atoms with Crippen LogP contribution in [0, 0.1) is 10.8 Å². The molecule has 0 spiro atoms. The summed E-state index contributed by atoms with van der Waals surface area (Å²) in [5.74, 6) is -2.44. The summed E-state index contributed by atoms with van der Waals surface area (Å²) in [7, 11) is -2.28. The molecule has 0 saturated carbocycles. The Morgan fingerprint density at radius 2 is 1.56 bits per heavy atom. The van der Waals surface area contributed by atoms with Crippen LogP contribution in [0.25, 0.3) is 11.1 Å². The number of aliphatic hydroxyl groups is 1. The molecule has 2 aromatic carbocycles. The van der Waals surface area contributed by atoms with E-state index in [0.29, 0.717) is 23.9 Å². The van der Waals surface area contributed by atoms with Crippen LogP contribution in [0.5, 0.6) is 5.88 Å². The summed E-state index contributed by atoms with van der Waals surface area (Å²) in [4.78, 5) is 42.7. The van der Waals surface area contributed by atoms with Crippen molar-refractivity contribution in [1.82, 2.24) is 10.3 Å². The van der Waals surface area contributed by atoms with Crippen molar-refractivity contribution in [3.05, 3.63) is 77.0 Å². The van der Waals surface area contributed by atoms with Gasteiger partial charge in [-0.25, -0.2) is 9.78 Å². The molecule has 0 saturated heterocycles. The van der Waals surface area contributed by atoms with Crippen molar-refractivity contribution in [1.29, 1.82) is 5.41 Å². The Hall–Kier alpha value is -4.86. The summed E-state index contributed by atoms with van der Waals surface area (Å²) in [5, 5.41) is 32.7. The third-order valence-corrected chi connectivity index (χ3v) is 5.96. The van der Waals surface area contributed by atoms with Crippen LogP contribution in [0.1, 0.15) is 64.0 Å². The molecule has 0 radical (unpaired) electrons. The molecule has 0 aliphatic carbocycles. The zero-order chi connectivity index (χ0) is 34.1. The molecule has 45 heavy (non-hydrogen) atoms. The molecule has 14 nitrogen and oxygen atoms in total. The molecule has 0 bridgehead atoms. The number of methoxy groups -OCH3 is 1. The molecular formula is C30H37N5O9S. The highest BCUT2D eigenvalue weighted by Crippen LogP contribution is 2.30. The summed E-state index contributed by atoms with van der Waals surface area (Å²) in [6, 6.07) is 12.9. The first kappa shape index (κ1) is 36.3. The normalized spacial score (nSPS) is 11.8. The summed E-state index contributed by atoms with van der Waals surface area (Å²) in [6.07, 6.45) is 1.24. The molecule has 15 heteroatoms. The number of carboxylic acids is 1. The van der Waals surface area contributed by atoms with E-state index in [-0.39, 0.29) is 51.7 Å². The first-order chi connectivity index (χ1) is 20.8. The van der Waals surface area contributed by atoms with Gasteiger partial charge in [0, 0.05) is 28.4 Å². The molecule has 0 aliphatic rings. The number of carbonyl (C=O) groups excluding carboxylic acids is 2. The van der Waals surface area contributed by atoms with Crippen LogP contribution in [0.2, 0.25) is 0 Å². The Kier molecular flexibility index (Phi) is 12.3. The van der Waals surface area contributed by atoms with Gasteiger partial charge >= 0.3 is 5.97 Å². The fourth-order valence-corrected chi connectivity index (χ4v) is 4.14. The SMILES string of the molecule is COc1ccc(-c2ccc(C(=O)NC(CO)CC(C)(C)C)cc2C(=O)O)c(C(=O)Nc2ccc(C(=N)N)cc2)n1.CS(=O)(=O)O. The van der Waals surface area contributed by atoms with Gasteiger partial charge in [0.2, 0.25) is 5.88 Å². The van der Waals surface area contributed by atoms with Crippen LogP contribution < -0.4 is 21.1 Å². The second kappa shape index (κ2) is 15.2. The second-order valence-electron chi connectivity index (χ2n) is 11.1. The van der Waals surface area contributed by atoms with E-state index in [0.717, 1.165) is 0 Å². The number of nitrogens with two attached hydrogens (primary N) is 1. The minimum Gasteiger partial charge on any atom is -0.481 e. The van der Waals surface area contributed by atoms with Gasteiger partial charge in [-0.3, -0.25) is 19.6 Å². The monoisotopic (exact) mass is 643 g/mol. The fraction of sp³-hybridized carbons (Fsp3) is 0.300. The standard InChI is InChI=1S/C29H33N5O6.CH4O3S/c1-29(2,3)14-19(15-35)33-26(36)17-7-10-20(22(13-17)28(38)39)21-11-12-23(40-4)34-24(21)27(37)32-18-8-5-16(6-9-18)25(30)31;1-5(2,3)4/h5-13,19,35H,14-15H2,1-4H3,(H3,30,31)(H,32,37)(H,33,36)(H,38,39);1H3,(H,2,3,4). The second-order valence-corrected chi connectivity index (χ2v) is 12.6. The number of benzene rings is 2. The van der Waals surface area contributed by atoms with Crippen LogP contribution in [-0.4, -0.2) is 77.8 Å². The van der Waals surface area contributed by atoms with Gasteiger partial charge in [0.25, 0.3) is 21.9 Å². The van der Waals surface area contributed by atoms with Gasteiger partial charge in [0.1, 0.15) is 11.5 Å². The first-order valence-electron chi connectivity index (χ1n) is 13.4. The van der Waals surface area contributed by atoms with Gasteiger partial charge in [0.15, 0.2) is 0 Å². The summed E-state index contributed by atoms with van der Waals surface area (Å²) in [6.45, 7) is 5.69. The van der Waals surface area contributed by atoms with Gasteiger partial charge in [0.05, 0.1) is 31.6 Å². The number of aromatic carboxylic acids is 1. The van der Waals surface area contributed by atoms with Crippen LogP contribution in [-0.2, 0) is 10.1 Å². The Morgan fingerprint density at radius 1 is 1.00 bits per heavy atom. The topological polar surface area (TPSA) is 242 Å². The van der Waals surface area contributed by atoms with Crippen LogP contribution >= 0.6 is 0 Å². The number of hydrogen-bond acceptors (Lipinski definition) is 9. The average Bonchev–Trinajstić information content (AvgIpc) is 2.94. The third-order valence-electron chi connectivity index (χ3n) is 5.96. The van der Waals surface area contributed by atoms with E-state index in [9.17, 15) is 33.0 Å². The van der Waals surface area contributed by atoms with Gasteiger partial charge < -0.3 is 31.3 Å². The fourth-order valence-electron chi connectivity index (χ4n) is 4.14. The lowest BCUT2D eigenvalue weighted by Crippen LogP contribution is -2.40. The molecule has 3 rings (SSSR count). The summed E-state index contributed by atoms with van der Waals surface area (Å²) >= 11 is 0. The van der Waals surface area contributed by atoms with Crippen molar-refractivity contribution in [2.45, 2.75) is 33.2 Å². The van der Waals surface area contributed by atoms with Crippen molar-refractivity contribution >= 4 is 39.4 Å². The lowest BCUT2D eigenvalue weighted by Gasteiger charge is -2.25. The van der Waals surface area contributed by atoms with Gasteiger partial charge in [-0.2, -0.15) is 8.42 Å². The number of nitrogens with zero attached hydrogens (tertiary/aromatic N) is 1. The van der Waals surface area contributed by atoms with Crippen molar-refractivity contribution in [3.8, 4) is 17.0 Å². The zero-order valence-electron chi connectivity index (χ0n) is 25.4. The van der Waals surface area contributed by atoms with Gasteiger partial charge in [-0.05, 0) is 59.9 Å². The van der Waals surface area contributed by atoms with E-state index >= 15 is 0 Å². The lowest BCUT2D eigenvalue weighted by atomic mass is 9.88. The highest BCUT2D eigenvalue weighted by molar-refractivity contribution is 7.85. The number of rotatable bonds is 10. The molecule has 2 amide bonds. The lowest BCUT2D eigenvalue weighted by molar-refractivity contribution is 0.0697. The highest BCUT2D eigenvalue weighted by atomic mass is 32.2. The minimum atomic E-state index is -3.67. The maximum absolute atomic E-state index is 13.3. The van der Waals surface area contributed by atoms with Crippen LogP contribution in [0.4, 0.5) is 5.69 Å². The minimum absolute atomic E-state index is 0.0894. The quantitative estimate of drug-likeness (QED) is 0.0962. The Morgan fingerprint density at radius 3 is 2.04 bits per heavy atom. The number of aliphatic hydroxyl groups excluding tert-OH is 1.